The van der Waals surface area contributed by atoms with E-state index in [1.54, 1.807) is 7.05 Å². The summed E-state index contributed by atoms with van der Waals surface area (Å²) >= 11 is 5.45. The summed E-state index contributed by atoms with van der Waals surface area (Å²) in [5, 5.41) is 13.6. The van der Waals surface area contributed by atoms with E-state index in [0.29, 0.717) is 5.69 Å². The molecule has 0 atom stereocenters. The van der Waals surface area contributed by atoms with Crippen LogP contribution in [0.2, 0.25) is 0 Å². The van der Waals surface area contributed by atoms with Gasteiger partial charge in [0, 0.05) is 18.1 Å². The maximum Gasteiger partial charge on any atom is 0.338 e. The number of nitrogens with zero attached hydrogens (tertiary/aromatic N) is 1. The van der Waals surface area contributed by atoms with Crippen molar-refractivity contribution in [2.24, 2.45) is 0 Å². The number of carbonyl (C=O) groups excluding carboxylic acids is 1. The van der Waals surface area contributed by atoms with Crippen LogP contribution in [0.1, 0.15) is 10.4 Å². The first-order valence-corrected chi connectivity index (χ1v) is 5.30. The van der Waals surface area contributed by atoms with Gasteiger partial charge in [0.05, 0.1) is 10.5 Å². The van der Waals surface area contributed by atoms with Crippen LogP contribution in [0.25, 0.3) is 0 Å². The average molecular weight is 271 g/mol. The fraction of sp³-hybridized carbons (Fsp3) is 0.182. The molecule has 1 aromatic rings. The molecule has 6 nitrogen and oxygen atoms in total. The summed E-state index contributed by atoms with van der Waals surface area (Å²) < 4.78 is 4.78. The maximum atomic E-state index is 11.6. The number of halogens is 1. The molecule has 0 saturated heterocycles. The van der Waals surface area contributed by atoms with Crippen LogP contribution in [-0.2, 0) is 4.74 Å². The normalized spacial score (nSPS) is 9.67. The van der Waals surface area contributed by atoms with E-state index in [-0.39, 0.29) is 22.9 Å². The summed E-state index contributed by atoms with van der Waals surface area (Å²) in [7, 11) is 1.55. The minimum absolute atomic E-state index is 0.0821. The molecule has 1 aromatic carbocycles. The highest BCUT2D eigenvalue weighted by atomic mass is 35.5. The quantitative estimate of drug-likeness (QED) is 0.505. The Morgan fingerprint density at radius 1 is 1.61 bits per heavy atom. The van der Waals surface area contributed by atoms with Crippen LogP contribution in [0.5, 0.6) is 0 Å². The molecule has 0 spiro atoms. The first kappa shape index (κ1) is 14.0. The van der Waals surface area contributed by atoms with Gasteiger partial charge in [-0.3, -0.25) is 10.1 Å². The number of hydrogen-bond acceptors (Lipinski definition) is 5. The van der Waals surface area contributed by atoms with Gasteiger partial charge >= 0.3 is 5.97 Å². The highest BCUT2D eigenvalue weighted by Gasteiger charge is 2.17. The SMILES string of the molecule is C=C(Cl)COC(=O)c1ccc(NC)c([N+](=O)[O-])c1. The van der Waals surface area contributed by atoms with E-state index in [0.717, 1.165) is 6.07 Å². The van der Waals surface area contributed by atoms with Crippen LogP contribution < -0.4 is 5.32 Å². The van der Waals surface area contributed by atoms with Gasteiger partial charge in [0.25, 0.3) is 5.69 Å². The Balaban J connectivity index is 2.97. The lowest BCUT2D eigenvalue weighted by Gasteiger charge is -2.05. The lowest BCUT2D eigenvalue weighted by atomic mass is 10.1. The molecule has 0 saturated carbocycles. The van der Waals surface area contributed by atoms with Gasteiger partial charge in [-0.15, -0.1) is 0 Å². The number of esters is 1. The summed E-state index contributed by atoms with van der Waals surface area (Å²) in [6.45, 7) is 3.23. The predicted octanol–water partition coefficient (Wildman–Crippen LogP) is 2.55. The number of carbonyl (C=O) groups is 1. The molecule has 18 heavy (non-hydrogen) atoms. The van der Waals surface area contributed by atoms with Crippen molar-refractivity contribution in [2.75, 3.05) is 19.0 Å². The van der Waals surface area contributed by atoms with Crippen molar-refractivity contribution < 1.29 is 14.5 Å². The van der Waals surface area contributed by atoms with E-state index >= 15 is 0 Å². The molecule has 0 heterocycles. The Morgan fingerprint density at radius 3 is 2.78 bits per heavy atom. The summed E-state index contributed by atoms with van der Waals surface area (Å²) in [5.41, 5.74) is 0.202. The van der Waals surface area contributed by atoms with Crippen LogP contribution in [-0.4, -0.2) is 24.5 Å². The molecule has 0 aromatic heterocycles. The zero-order chi connectivity index (χ0) is 13.7. The largest absolute Gasteiger partial charge is 0.456 e. The fourth-order valence-electron chi connectivity index (χ4n) is 1.25. The van der Waals surface area contributed by atoms with Crippen molar-refractivity contribution in [1.82, 2.24) is 0 Å². The molecule has 7 heteroatoms. The van der Waals surface area contributed by atoms with Crippen molar-refractivity contribution >= 4 is 28.9 Å². The predicted molar refractivity (Wildman–Crippen MR) is 67.9 cm³/mol. The number of nitro benzene ring substituents is 1. The zero-order valence-electron chi connectivity index (χ0n) is 9.60. The molecule has 0 aliphatic rings. The maximum absolute atomic E-state index is 11.6. The Labute approximate surface area is 108 Å². The van der Waals surface area contributed by atoms with E-state index in [1.807, 2.05) is 0 Å². The van der Waals surface area contributed by atoms with Crippen LogP contribution in [0.3, 0.4) is 0 Å². The number of hydrogen-bond donors (Lipinski definition) is 1. The fourth-order valence-corrected chi connectivity index (χ4v) is 1.30. The van der Waals surface area contributed by atoms with Crippen LogP contribution in [0.4, 0.5) is 11.4 Å². The third kappa shape index (κ3) is 3.46. The lowest BCUT2D eigenvalue weighted by molar-refractivity contribution is -0.384. The molecule has 0 bridgehead atoms. The number of ether oxygens (including phenoxy) is 1. The van der Waals surface area contributed by atoms with Gasteiger partial charge in [-0.05, 0) is 12.1 Å². The standard InChI is InChI=1S/C11H11ClN2O4/c1-7(12)6-18-11(15)8-3-4-9(13-2)10(5-8)14(16)17/h3-5,13H,1,6H2,2H3. The molecule has 0 amide bonds. The first-order chi connectivity index (χ1) is 8.45. The van der Waals surface area contributed by atoms with Gasteiger partial charge in [0.15, 0.2) is 0 Å². The Kier molecular flexibility index (Phi) is 4.67. The van der Waals surface area contributed by atoms with Crippen LogP contribution >= 0.6 is 11.6 Å². The van der Waals surface area contributed by atoms with E-state index in [4.69, 9.17) is 16.3 Å². The molecule has 1 N–H and O–H groups in total. The molecule has 0 unspecified atom stereocenters. The minimum atomic E-state index is -0.692. The molecule has 96 valence electrons. The summed E-state index contributed by atoms with van der Waals surface area (Å²) in [6, 6.07) is 4.01. The Morgan fingerprint density at radius 2 is 2.28 bits per heavy atom. The van der Waals surface area contributed by atoms with E-state index in [2.05, 4.69) is 11.9 Å². The van der Waals surface area contributed by atoms with Gasteiger partial charge in [-0.2, -0.15) is 0 Å². The molecular formula is C11H11ClN2O4. The van der Waals surface area contributed by atoms with Crippen LogP contribution in [0.15, 0.2) is 29.8 Å². The molecule has 0 aliphatic heterocycles. The zero-order valence-corrected chi connectivity index (χ0v) is 10.4. The average Bonchev–Trinajstić information content (AvgIpc) is 2.34. The second-order valence-corrected chi connectivity index (χ2v) is 3.87. The third-order valence-corrected chi connectivity index (χ3v) is 2.17. The monoisotopic (exact) mass is 270 g/mol. The Bertz CT molecular complexity index is 502. The van der Waals surface area contributed by atoms with E-state index in [1.165, 1.54) is 12.1 Å². The van der Waals surface area contributed by atoms with E-state index in [9.17, 15) is 14.9 Å². The number of rotatable bonds is 5. The van der Waals surface area contributed by atoms with Gasteiger partial charge in [0.2, 0.25) is 0 Å². The van der Waals surface area contributed by atoms with Gasteiger partial charge in [0.1, 0.15) is 12.3 Å². The molecule has 1 rings (SSSR count). The van der Waals surface area contributed by atoms with Crippen molar-refractivity contribution in [3.63, 3.8) is 0 Å². The molecule has 0 radical (unpaired) electrons. The number of nitrogens with one attached hydrogen (secondary N) is 1. The molecular weight excluding hydrogens is 260 g/mol. The second kappa shape index (κ2) is 6.02. The van der Waals surface area contributed by atoms with Crippen molar-refractivity contribution in [3.05, 3.63) is 45.5 Å². The number of benzene rings is 1. The highest BCUT2D eigenvalue weighted by Crippen LogP contribution is 2.25. The Hall–Kier alpha value is -2.08. The number of nitro groups is 1. The van der Waals surface area contributed by atoms with Crippen molar-refractivity contribution in [1.29, 1.82) is 0 Å². The summed E-state index contributed by atoms with van der Waals surface area (Å²) in [5.74, 6) is -0.692. The topological polar surface area (TPSA) is 81.5 Å². The van der Waals surface area contributed by atoms with Crippen molar-refractivity contribution in [3.8, 4) is 0 Å². The minimum Gasteiger partial charge on any atom is -0.456 e. The van der Waals surface area contributed by atoms with E-state index < -0.39 is 10.9 Å². The summed E-state index contributed by atoms with van der Waals surface area (Å²) in [6.07, 6.45) is 0. The first-order valence-electron chi connectivity index (χ1n) is 4.92. The third-order valence-electron chi connectivity index (χ3n) is 2.06. The van der Waals surface area contributed by atoms with Gasteiger partial charge in [-0.1, -0.05) is 18.2 Å². The molecule has 0 fully saturated rings. The van der Waals surface area contributed by atoms with Gasteiger partial charge < -0.3 is 10.1 Å². The van der Waals surface area contributed by atoms with Crippen LogP contribution in [0, 0.1) is 10.1 Å². The smallest absolute Gasteiger partial charge is 0.338 e. The highest BCUT2D eigenvalue weighted by molar-refractivity contribution is 6.29. The summed E-state index contributed by atoms with van der Waals surface area (Å²) in [4.78, 5) is 21.8. The van der Waals surface area contributed by atoms with Crippen molar-refractivity contribution in [2.45, 2.75) is 0 Å². The number of anilines is 1. The second-order valence-electron chi connectivity index (χ2n) is 3.33. The molecule has 0 aliphatic carbocycles. The van der Waals surface area contributed by atoms with Gasteiger partial charge in [-0.25, -0.2) is 4.79 Å². The lowest BCUT2D eigenvalue weighted by Crippen LogP contribution is -2.07.